The number of amides is 1. The van der Waals surface area contributed by atoms with Crippen molar-refractivity contribution in [3.05, 3.63) is 85.7 Å². The van der Waals surface area contributed by atoms with Crippen molar-refractivity contribution in [2.75, 3.05) is 18.6 Å². The van der Waals surface area contributed by atoms with Crippen LogP contribution in [0.15, 0.2) is 51.7 Å². The summed E-state index contributed by atoms with van der Waals surface area (Å²) in [5, 5.41) is 0.667. The lowest BCUT2D eigenvalue weighted by molar-refractivity contribution is 0.0605. The molecule has 35 heavy (non-hydrogen) atoms. The number of aryl methyl sites for hydroxylation is 2. The first kappa shape index (κ1) is 22.8. The fourth-order valence-electron chi connectivity index (χ4n) is 4.31. The molecule has 0 aliphatic carbocycles. The van der Waals surface area contributed by atoms with Crippen LogP contribution in [0, 0.1) is 13.8 Å². The first-order valence-electron chi connectivity index (χ1n) is 11.0. The molecule has 8 nitrogen and oxygen atoms in total. The van der Waals surface area contributed by atoms with Crippen molar-refractivity contribution < 1.29 is 23.5 Å². The number of rotatable bonds is 5. The minimum absolute atomic E-state index is 0.0364. The van der Waals surface area contributed by atoms with Crippen molar-refractivity contribution in [3.8, 4) is 5.75 Å². The van der Waals surface area contributed by atoms with E-state index in [0.29, 0.717) is 34.6 Å². The van der Waals surface area contributed by atoms with Gasteiger partial charge in [-0.3, -0.25) is 14.5 Å². The standard InChI is InChI=1S/C26H22N2O6S/c1-5-33-16-8-6-7-15(12-16)20-19-21(29)17-11-13(2)9-10-18(17)34-22(19)24(30)28(20)26-27-14(3)23(35-26)25(31)32-4/h6-12,20H,5H2,1-4H3/t20-/m1/s1. The van der Waals surface area contributed by atoms with E-state index >= 15 is 0 Å². The summed E-state index contributed by atoms with van der Waals surface area (Å²) in [6.45, 7) is 5.90. The van der Waals surface area contributed by atoms with E-state index in [-0.39, 0.29) is 26.8 Å². The Bertz CT molecular complexity index is 1550. The molecule has 3 heterocycles. The highest BCUT2D eigenvalue weighted by Crippen LogP contribution is 2.43. The van der Waals surface area contributed by atoms with Crippen molar-refractivity contribution in [2.45, 2.75) is 26.8 Å². The van der Waals surface area contributed by atoms with E-state index in [1.165, 1.54) is 12.0 Å². The minimum atomic E-state index is -0.810. The molecule has 0 saturated carbocycles. The second-order valence-corrected chi connectivity index (χ2v) is 9.14. The Morgan fingerprint density at radius 2 is 1.97 bits per heavy atom. The number of methoxy groups -OCH3 is 1. The molecule has 1 aliphatic heterocycles. The predicted octanol–water partition coefficient (Wildman–Crippen LogP) is 4.80. The molecule has 5 rings (SSSR count). The number of fused-ring (bicyclic) bond motifs is 2. The van der Waals surface area contributed by atoms with E-state index in [4.69, 9.17) is 13.9 Å². The molecular formula is C26H22N2O6S. The van der Waals surface area contributed by atoms with Gasteiger partial charge in [-0.05, 0) is 50.6 Å². The van der Waals surface area contributed by atoms with Gasteiger partial charge in [-0.15, -0.1) is 0 Å². The maximum absolute atomic E-state index is 13.8. The number of benzene rings is 2. The molecule has 2 aromatic carbocycles. The van der Waals surface area contributed by atoms with Crippen LogP contribution in [0.4, 0.5) is 5.13 Å². The molecule has 0 radical (unpaired) electrons. The highest BCUT2D eigenvalue weighted by atomic mass is 32.1. The van der Waals surface area contributed by atoms with Crippen LogP contribution >= 0.6 is 11.3 Å². The van der Waals surface area contributed by atoms with Crippen molar-refractivity contribution in [1.29, 1.82) is 0 Å². The summed E-state index contributed by atoms with van der Waals surface area (Å²) >= 11 is 1.03. The second-order valence-electron chi connectivity index (χ2n) is 8.16. The van der Waals surface area contributed by atoms with E-state index in [0.717, 1.165) is 16.9 Å². The third kappa shape index (κ3) is 3.68. The smallest absolute Gasteiger partial charge is 0.350 e. The van der Waals surface area contributed by atoms with E-state index in [1.54, 1.807) is 31.2 Å². The van der Waals surface area contributed by atoms with Crippen LogP contribution in [0.25, 0.3) is 11.0 Å². The number of carbonyl (C=O) groups excluding carboxylic acids is 2. The monoisotopic (exact) mass is 490 g/mol. The van der Waals surface area contributed by atoms with Gasteiger partial charge in [0, 0.05) is 0 Å². The quantitative estimate of drug-likeness (QED) is 0.371. The maximum Gasteiger partial charge on any atom is 0.350 e. The molecule has 2 aromatic heterocycles. The minimum Gasteiger partial charge on any atom is -0.494 e. The largest absolute Gasteiger partial charge is 0.494 e. The van der Waals surface area contributed by atoms with Crippen LogP contribution in [0.2, 0.25) is 0 Å². The summed E-state index contributed by atoms with van der Waals surface area (Å²) in [6.07, 6.45) is 0. The third-order valence-corrected chi connectivity index (χ3v) is 7.01. The van der Waals surface area contributed by atoms with Crippen LogP contribution in [0.1, 0.15) is 55.6 Å². The summed E-state index contributed by atoms with van der Waals surface area (Å²) in [7, 11) is 1.29. The van der Waals surface area contributed by atoms with Gasteiger partial charge in [0.15, 0.2) is 10.6 Å². The summed E-state index contributed by atoms with van der Waals surface area (Å²) in [5.41, 5.74) is 2.28. The average Bonchev–Trinajstić information content (AvgIpc) is 3.37. The zero-order valence-electron chi connectivity index (χ0n) is 19.6. The van der Waals surface area contributed by atoms with E-state index in [1.807, 2.05) is 32.0 Å². The number of ether oxygens (including phenoxy) is 2. The number of thiazole rings is 1. The van der Waals surface area contributed by atoms with Gasteiger partial charge in [-0.25, -0.2) is 9.78 Å². The normalized spacial score (nSPS) is 14.9. The number of aromatic nitrogens is 1. The molecule has 178 valence electrons. The van der Waals surface area contributed by atoms with Gasteiger partial charge < -0.3 is 13.9 Å². The summed E-state index contributed by atoms with van der Waals surface area (Å²) < 4.78 is 16.5. The van der Waals surface area contributed by atoms with Crippen LogP contribution < -0.4 is 15.1 Å². The lowest BCUT2D eigenvalue weighted by Crippen LogP contribution is -2.29. The molecule has 0 spiro atoms. The Hall–Kier alpha value is -3.98. The summed E-state index contributed by atoms with van der Waals surface area (Å²) in [4.78, 5) is 45.9. The highest BCUT2D eigenvalue weighted by Gasteiger charge is 2.45. The second kappa shape index (κ2) is 8.66. The average molecular weight is 491 g/mol. The molecule has 0 fully saturated rings. The van der Waals surface area contributed by atoms with E-state index < -0.39 is 17.9 Å². The number of carbonyl (C=O) groups is 2. The van der Waals surface area contributed by atoms with E-state index in [2.05, 4.69) is 4.98 Å². The Morgan fingerprint density at radius 3 is 2.71 bits per heavy atom. The van der Waals surface area contributed by atoms with Gasteiger partial charge in [0.25, 0.3) is 5.91 Å². The number of nitrogens with zero attached hydrogens (tertiary/aromatic N) is 2. The molecule has 0 saturated heterocycles. The zero-order chi connectivity index (χ0) is 24.9. The molecule has 1 aliphatic rings. The van der Waals surface area contributed by atoms with Crippen LogP contribution in [0.3, 0.4) is 0 Å². The number of anilines is 1. The maximum atomic E-state index is 13.8. The summed E-state index contributed by atoms with van der Waals surface area (Å²) in [6, 6.07) is 11.7. The SMILES string of the molecule is CCOc1cccc([C@@H]2c3c(oc4ccc(C)cc4c3=O)C(=O)N2c2nc(C)c(C(=O)OC)s2)c1. The fraction of sp³-hybridized carbons (Fsp3) is 0.231. The van der Waals surface area contributed by atoms with Crippen LogP contribution in [-0.4, -0.2) is 30.6 Å². The molecule has 0 unspecified atom stereocenters. The molecule has 1 atom stereocenters. The van der Waals surface area contributed by atoms with Crippen LogP contribution in [-0.2, 0) is 4.74 Å². The highest BCUT2D eigenvalue weighted by molar-refractivity contribution is 7.17. The topological polar surface area (TPSA) is 98.9 Å². The van der Waals surface area contributed by atoms with Crippen LogP contribution in [0.5, 0.6) is 5.75 Å². The lowest BCUT2D eigenvalue weighted by Gasteiger charge is -2.23. The predicted molar refractivity (Wildman–Crippen MR) is 132 cm³/mol. The first-order valence-corrected chi connectivity index (χ1v) is 11.8. The van der Waals surface area contributed by atoms with Gasteiger partial charge in [0.2, 0.25) is 5.76 Å². The van der Waals surface area contributed by atoms with Gasteiger partial charge in [0.1, 0.15) is 16.2 Å². The van der Waals surface area contributed by atoms with Crippen molar-refractivity contribution >= 4 is 39.3 Å². The Morgan fingerprint density at radius 1 is 1.17 bits per heavy atom. The third-order valence-electron chi connectivity index (χ3n) is 5.87. The number of hydrogen-bond acceptors (Lipinski definition) is 8. The Labute approximate surface area is 204 Å². The van der Waals surface area contributed by atoms with Gasteiger partial charge in [0.05, 0.1) is 36.4 Å². The van der Waals surface area contributed by atoms with Crippen molar-refractivity contribution in [3.63, 3.8) is 0 Å². The van der Waals surface area contributed by atoms with Gasteiger partial charge >= 0.3 is 5.97 Å². The molecule has 4 aromatic rings. The zero-order valence-corrected chi connectivity index (χ0v) is 20.4. The molecule has 0 bridgehead atoms. The van der Waals surface area contributed by atoms with Gasteiger partial charge in [-0.2, -0.15) is 0 Å². The number of hydrogen-bond donors (Lipinski definition) is 0. The van der Waals surface area contributed by atoms with Gasteiger partial charge in [-0.1, -0.05) is 35.1 Å². The summed E-state index contributed by atoms with van der Waals surface area (Å²) in [5.74, 6) is -0.472. The molecule has 1 amide bonds. The first-order chi connectivity index (χ1) is 16.8. The number of esters is 1. The molecule has 0 N–H and O–H groups in total. The Kier molecular flexibility index (Phi) is 5.64. The van der Waals surface area contributed by atoms with Crippen molar-refractivity contribution in [1.82, 2.24) is 4.98 Å². The molecular weight excluding hydrogens is 468 g/mol. The van der Waals surface area contributed by atoms with E-state index in [9.17, 15) is 14.4 Å². The molecule has 9 heteroatoms. The lowest BCUT2D eigenvalue weighted by atomic mass is 9.98. The van der Waals surface area contributed by atoms with Crippen molar-refractivity contribution in [2.24, 2.45) is 0 Å². The fourth-order valence-corrected chi connectivity index (χ4v) is 5.32. The Balaban J connectivity index is 1.78.